The van der Waals surface area contributed by atoms with E-state index in [0.717, 1.165) is 12.0 Å². The van der Waals surface area contributed by atoms with Crippen molar-refractivity contribution in [3.63, 3.8) is 0 Å². The lowest BCUT2D eigenvalue weighted by Gasteiger charge is -2.16. The van der Waals surface area contributed by atoms with Crippen LogP contribution in [-0.2, 0) is 6.42 Å². The van der Waals surface area contributed by atoms with Crippen LogP contribution in [0.3, 0.4) is 0 Å². The molecule has 2 nitrogen and oxygen atoms in total. The fourth-order valence-corrected chi connectivity index (χ4v) is 2.17. The summed E-state index contributed by atoms with van der Waals surface area (Å²) in [4.78, 5) is 10.9. The van der Waals surface area contributed by atoms with Gasteiger partial charge in [-0.3, -0.25) is 0 Å². The molecule has 0 aromatic heterocycles. The van der Waals surface area contributed by atoms with Gasteiger partial charge in [0.25, 0.3) is 0 Å². The van der Waals surface area contributed by atoms with E-state index in [-0.39, 0.29) is 0 Å². The molecule has 2 aliphatic carbocycles. The Labute approximate surface area is 93.2 Å². The number of rotatable bonds is 1. The van der Waals surface area contributed by atoms with Crippen molar-refractivity contribution in [1.82, 2.24) is 0 Å². The van der Waals surface area contributed by atoms with Crippen molar-refractivity contribution in [2.75, 3.05) is 0 Å². The molecule has 0 spiro atoms. The Kier molecular flexibility index (Phi) is 1.83. The van der Waals surface area contributed by atoms with Gasteiger partial charge >= 0.3 is 5.97 Å². The molecule has 0 saturated heterocycles. The second kappa shape index (κ2) is 3.20. The van der Waals surface area contributed by atoms with E-state index in [2.05, 4.69) is 18.2 Å². The number of carboxylic acid groups (broad SMARTS) is 1. The van der Waals surface area contributed by atoms with E-state index in [1.54, 1.807) is 12.1 Å². The Hall–Kier alpha value is -2.09. The first-order valence-corrected chi connectivity index (χ1v) is 5.19. The molecule has 0 aliphatic heterocycles. The number of fused-ring (bicyclic) bond motifs is 2. The summed E-state index contributed by atoms with van der Waals surface area (Å²) in [6.07, 6.45) is 9.16. The van der Waals surface area contributed by atoms with Crippen molar-refractivity contribution in [2.24, 2.45) is 0 Å². The van der Waals surface area contributed by atoms with E-state index in [1.807, 2.05) is 12.1 Å². The van der Waals surface area contributed by atoms with Gasteiger partial charge in [0.1, 0.15) is 0 Å². The van der Waals surface area contributed by atoms with Gasteiger partial charge in [-0.2, -0.15) is 0 Å². The van der Waals surface area contributed by atoms with Crippen molar-refractivity contribution in [2.45, 2.75) is 6.42 Å². The standard InChI is InChI=1S/C14H10O2/c15-14(16)12-5-4-11-6-9-2-1-3-10(9)7-13(11)8-12/h1-5,7-8H,6H2,(H,15,16). The zero-order valence-corrected chi connectivity index (χ0v) is 8.60. The third-order valence-corrected chi connectivity index (χ3v) is 3.03. The monoisotopic (exact) mass is 210 g/mol. The molecule has 16 heavy (non-hydrogen) atoms. The highest BCUT2D eigenvalue weighted by atomic mass is 16.4. The number of allylic oxidation sites excluding steroid dienone is 5. The van der Waals surface area contributed by atoms with Gasteiger partial charge in [0, 0.05) is 0 Å². The van der Waals surface area contributed by atoms with Crippen LogP contribution in [0.25, 0.3) is 6.08 Å². The number of carboxylic acids is 1. The zero-order valence-electron chi connectivity index (χ0n) is 8.60. The van der Waals surface area contributed by atoms with Crippen LogP contribution >= 0.6 is 0 Å². The van der Waals surface area contributed by atoms with Crippen LogP contribution in [0, 0.1) is 0 Å². The molecule has 1 aromatic rings. The molecule has 1 N–H and O–H groups in total. The predicted molar refractivity (Wildman–Crippen MR) is 62.3 cm³/mol. The first-order valence-electron chi connectivity index (χ1n) is 5.19. The maximum absolute atomic E-state index is 10.9. The molecule has 0 heterocycles. The van der Waals surface area contributed by atoms with Crippen molar-refractivity contribution in [3.8, 4) is 0 Å². The molecule has 0 atom stereocenters. The number of hydrogen-bond donors (Lipinski definition) is 1. The van der Waals surface area contributed by atoms with E-state index in [1.165, 1.54) is 16.7 Å². The smallest absolute Gasteiger partial charge is 0.335 e. The minimum Gasteiger partial charge on any atom is -0.478 e. The molecule has 0 unspecified atom stereocenters. The van der Waals surface area contributed by atoms with Gasteiger partial charge in [-0.1, -0.05) is 24.3 Å². The summed E-state index contributed by atoms with van der Waals surface area (Å²) in [6.45, 7) is 0. The van der Waals surface area contributed by atoms with Crippen molar-refractivity contribution < 1.29 is 9.90 Å². The molecule has 2 heteroatoms. The highest BCUT2D eigenvalue weighted by Crippen LogP contribution is 2.32. The maximum Gasteiger partial charge on any atom is 0.335 e. The molecular weight excluding hydrogens is 200 g/mol. The van der Waals surface area contributed by atoms with Gasteiger partial charge in [-0.25, -0.2) is 4.79 Å². The fourth-order valence-electron chi connectivity index (χ4n) is 2.17. The van der Waals surface area contributed by atoms with Gasteiger partial charge < -0.3 is 5.11 Å². The second-order valence-electron chi connectivity index (χ2n) is 4.05. The zero-order chi connectivity index (χ0) is 11.1. The van der Waals surface area contributed by atoms with Gasteiger partial charge in [-0.15, -0.1) is 0 Å². The van der Waals surface area contributed by atoms with Crippen molar-refractivity contribution >= 4 is 12.0 Å². The average Bonchev–Trinajstić information content (AvgIpc) is 2.71. The van der Waals surface area contributed by atoms with Gasteiger partial charge in [0.05, 0.1) is 5.56 Å². The minimum atomic E-state index is -0.871. The number of hydrogen-bond acceptors (Lipinski definition) is 1. The Balaban J connectivity index is 2.13. The van der Waals surface area contributed by atoms with Gasteiger partial charge in [-0.05, 0) is 46.9 Å². The number of carbonyl (C=O) groups is 1. The van der Waals surface area contributed by atoms with Crippen LogP contribution in [-0.4, -0.2) is 11.1 Å². The van der Waals surface area contributed by atoms with E-state index < -0.39 is 5.97 Å². The first-order chi connectivity index (χ1) is 7.74. The van der Waals surface area contributed by atoms with Crippen LogP contribution in [0.5, 0.6) is 0 Å². The maximum atomic E-state index is 10.9. The highest BCUT2D eigenvalue weighted by molar-refractivity contribution is 5.89. The lowest BCUT2D eigenvalue weighted by Crippen LogP contribution is -2.03. The second-order valence-corrected chi connectivity index (χ2v) is 4.05. The molecule has 0 amide bonds. The third-order valence-electron chi connectivity index (χ3n) is 3.03. The number of benzene rings is 1. The summed E-state index contributed by atoms with van der Waals surface area (Å²) in [7, 11) is 0. The fraction of sp³-hybridized carbons (Fsp3) is 0.0714. The summed E-state index contributed by atoms with van der Waals surface area (Å²) in [5.41, 5.74) is 5.10. The molecule has 0 saturated carbocycles. The summed E-state index contributed by atoms with van der Waals surface area (Å²) in [6, 6.07) is 5.32. The van der Waals surface area contributed by atoms with E-state index in [0.29, 0.717) is 5.56 Å². The first kappa shape index (κ1) is 9.16. The van der Waals surface area contributed by atoms with E-state index in [9.17, 15) is 4.79 Å². The summed E-state index contributed by atoms with van der Waals surface area (Å²) >= 11 is 0. The predicted octanol–water partition coefficient (Wildman–Crippen LogP) is 2.82. The topological polar surface area (TPSA) is 37.3 Å². The SMILES string of the molecule is O=C(O)c1ccc2c(c1)C=C1C=CC=C1C2. The Morgan fingerprint density at radius 3 is 3.00 bits per heavy atom. The normalized spacial score (nSPS) is 16.2. The highest BCUT2D eigenvalue weighted by Gasteiger charge is 2.16. The summed E-state index contributed by atoms with van der Waals surface area (Å²) in [5.74, 6) is -0.871. The lowest BCUT2D eigenvalue weighted by molar-refractivity contribution is 0.0697. The van der Waals surface area contributed by atoms with Crippen LogP contribution in [0.1, 0.15) is 21.5 Å². The summed E-state index contributed by atoms with van der Waals surface area (Å²) in [5, 5.41) is 8.93. The Morgan fingerprint density at radius 1 is 1.31 bits per heavy atom. The molecule has 3 rings (SSSR count). The Bertz CT molecular complexity index is 574. The molecule has 1 aromatic carbocycles. The molecule has 0 radical (unpaired) electrons. The molecular formula is C14H10O2. The largest absolute Gasteiger partial charge is 0.478 e. The number of aromatic carboxylic acids is 1. The quantitative estimate of drug-likeness (QED) is 0.773. The van der Waals surface area contributed by atoms with Gasteiger partial charge in [0.2, 0.25) is 0 Å². The summed E-state index contributed by atoms with van der Waals surface area (Å²) < 4.78 is 0. The molecule has 0 fully saturated rings. The van der Waals surface area contributed by atoms with Crippen LogP contribution in [0.15, 0.2) is 47.6 Å². The van der Waals surface area contributed by atoms with E-state index in [4.69, 9.17) is 5.11 Å². The van der Waals surface area contributed by atoms with Crippen LogP contribution in [0.4, 0.5) is 0 Å². The third kappa shape index (κ3) is 1.31. The minimum absolute atomic E-state index is 0.352. The van der Waals surface area contributed by atoms with Crippen molar-refractivity contribution in [1.29, 1.82) is 0 Å². The Morgan fingerprint density at radius 2 is 2.19 bits per heavy atom. The van der Waals surface area contributed by atoms with E-state index >= 15 is 0 Å². The molecule has 78 valence electrons. The molecule has 2 aliphatic rings. The van der Waals surface area contributed by atoms with Crippen molar-refractivity contribution in [3.05, 3.63) is 64.3 Å². The van der Waals surface area contributed by atoms with Crippen LogP contribution in [0.2, 0.25) is 0 Å². The molecule has 0 bridgehead atoms. The van der Waals surface area contributed by atoms with Crippen LogP contribution < -0.4 is 0 Å². The van der Waals surface area contributed by atoms with Gasteiger partial charge in [0.15, 0.2) is 0 Å². The lowest BCUT2D eigenvalue weighted by atomic mass is 9.89. The average molecular weight is 210 g/mol.